The Kier molecular flexibility index (Phi) is 47.6. The molecule has 0 fully saturated rings. The van der Waals surface area contributed by atoms with E-state index >= 15 is 0 Å². The van der Waals surface area contributed by atoms with Crippen LogP contribution in [0.4, 0.5) is 14.4 Å². The van der Waals surface area contributed by atoms with E-state index < -0.39 is 18.5 Å². The van der Waals surface area contributed by atoms with E-state index in [0.717, 1.165) is 0 Å². The molecule has 9 nitrogen and oxygen atoms in total. The first kappa shape index (κ1) is 29.2. The molecule has 14 heavy (non-hydrogen) atoms. The summed E-state index contributed by atoms with van der Waals surface area (Å²) in [7, 11) is 0. The van der Waals surface area contributed by atoms with Gasteiger partial charge in [0.1, 0.15) is 0 Å². The molecule has 0 amide bonds. The van der Waals surface area contributed by atoms with Crippen molar-refractivity contribution in [3.8, 4) is 0 Å². The fourth-order valence-electron chi connectivity index (χ4n) is 0. The first-order chi connectivity index (χ1) is 5.20. The van der Waals surface area contributed by atoms with Gasteiger partial charge in [-0.1, -0.05) is 0 Å². The second-order valence-corrected chi connectivity index (χ2v) is 0.831. The molecule has 0 bridgehead atoms. The Morgan fingerprint density at radius 1 is 0.786 bits per heavy atom. The van der Waals surface area contributed by atoms with Gasteiger partial charge in [-0.2, -0.15) is 0 Å². The molecule has 0 aliphatic heterocycles. The predicted octanol–water partition coefficient (Wildman–Crippen LogP) is -3.67. The van der Waals surface area contributed by atoms with Crippen molar-refractivity contribution < 1.29 is 91.6 Å². The zero-order chi connectivity index (χ0) is 10.7. The van der Waals surface area contributed by atoms with Crippen LogP contribution in [0.1, 0.15) is 0 Å². The van der Waals surface area contributed by atoms with Crippen LogP contribution < -0.4 is 34.7 Å². The number of rotatable bonds is 0. The molecule has 0 saturated heterocycles. The zero-order valence-electron chi connectivity index (χ0n) is 6.67. The fourth-order valence-corrected chi connectivity index (χ4v) is 0. The van der Waals surface area contributed by atoms with Crippen molar-refractivity contribution in [2.75, 3.05) is 0 Å². The van der Waals surface area contributed by atoms with Crippen LogP contribution in [0.5, 0.6) is 0 Å². The Morgan fingerprint density at radius 2 is 0.786 bits per heavy atom. The van der Waals surface area contributed by atoms with Crippen LogP contribution in [-0.4, -0.2) is 44.0 Å². The first-order valence-electron chi connectivity index (χ1n) is 1.93. The molecule has 0 spiro atoms. The molecular weight excluding hydrogens is 267 g/mol. The minimum atomic E-state index is -2.08. The summed E-state index contributed by atoms with van der Waals surface area (Å²) < 4.78 is 0. The Hall–Kier alpha value is -0.671. The van der Waals surface area contributed by atoms with Crippen LogP contribution in [0, 0.1) is 0 Å². The van der Waals surface area contributed by atoms with Crippen molar-refractivity contribution in [2.24, 2.45) is 0 Å². The molecule has 11 heteroatoms. The van der Waals surface area contributed by atoms with Crippen molar-refractivity contribution >= 4 is 18.5 Å². The van der Waals surface area contributed by atoms with E-state index in [4.69, 9.17) is 45.0 Å². The van der Waals surface area contributed by atoms with E-state index in [1.54, 1.807) is 0 Å². The standard InChI is InChI=1S/3CH2O3.Cu.Na/c3*2-1(3)4;;/h3*(H2,2,3,4);;/q;;;;+1/p-1. The Labute approximate surface area is 110 Å². The molecule has 1 radical (unpaired) electrons. The van der Waals surface area contributed by atoms with Crippen LogP contribution >= 0.6 is 0 Å². The van der Waals surface area contributed by atoms with Gasteiger partial charge in [0.05, 0.1) is 0 Å². The molecule has 0 aromatic rings. The van der Waals surface area contributed by atoms with Gasteiger partial charge in [-0.05, 0) is 0 Å². The molecule has 0 aromatic heterocycles. The van der Waals surface area contributed by atoms with Crippen LogP contribution in [0.3, 0.4) is 0 Å². The van der Waals surface area contributed by atoms with E-state index in [2.05, 4.69) is 0 Å². The third kappa shape index (κ3) is 2690. The van der Waals surface area contributed by atoms with E-state index in [1.165, 1.54) is 0 Å². The van der Waals surface area contributed by atoms with E-state index in [-0.39, 0.29) is 46.6 Å². The molecule has 0 aliphatic rings. The first-order valence-corrected chi connectivity index (χ1v) is 1.93. The molecule has 0 rings (SSSR count). The van der Waals surface area contributed by atoms with Crippen molar-refractivity contribution in [3.05, 3.63) is 0 Å². The Balaban J connectivity index is -0.0000000270. The maximum atomic E-state index is 8.56. The van der Waals surface area contributed by atoms with Crippen molar-refractivity contribution in [1.82, 2.24) is 0 Å². The van der Waals surface area contributed by atoms with Crippen LogP contribution in [-0.2, 0) is 17.1 Å². The average molecular weight is 272 g/mol. The average Bonchev–Trinajstić information content (AvgIpc) is 1.54. The quantitative estimate of drug-likeness (QED) is 0.278. The zero-order valence-corrected chi connectivity index (χ0v) is 9.61. The van der Waals surface area contributed by atoms with Gasteiger partial charge in [-0.15, -0.1) is 0 Å². The van der Waals surface area contributed by atoms with Crippen LogP contribution in [0.2, 0.25) is 0 Å². The Morgan fingerprint density at radius 3 is 0.786 bits per heavy atom. The smallest absolute Gasteiger partial charge is 0.565 e. The van der Waals surface area contributed by atoms with Gasteiger partial charge in [0.2, 0.25) is 6.16 Å². The van der Waals surface area contributed by atoms with E-state index in [1.807, 2.05) is 0 Å². The summed E-state index contributed by atoms with van der Waals surface area (Å²) >= 11 is 0. The largest absolute Gasteiger partial charge is 1.00 e. The second-order valence-electron chi connectivity index (χ2n) is 0.831. The third-order valence-electron chi connectivity index (χ3n) is 0. The molecule has 0 atom stereocenters. The van der Waals surface area contributed by atoms with Crippen molar-refractivity contribution in [3.63, 3.8) is 0 Å². The van der Waals surface area contributed by atoms with Gasteiger partial charge < -0.3 is 35.4 Å². The normalized spacial score (nSPS) is 5.14. The molecule has 0 saturated carbocycles. The number of carboxylic acid groups (broad SMARTS) is 6. The molecule has 0 unspecified atom stereocenters. The summed E-state index contributed by atoms with van der Waals surface area (Å²) in [6.07, 6.45) is -5.75. The minimum Gasteiger partial charge on any atom is -0.565 e. The fraction of sp³-hybridized carbons (Fsp3) is 0. The maximum absolute atomic E-state index is 8.56. The van der Waals surface area contributed by atoms with Gasteiger partial charge >= 0.3 is 41.9 Å². The van der Waals surface area contributed by atoms with E-state index in [0.29, 0.717) is 0 Å². The molecule has 0 aliphatic carbocycles. The van der Waals surface area contributed by atoms with Crippen molar-refractivity contribution in [2.45, 2.75) is 0 Å². The summed E-state index contributed by atoms with van der Waals surface area (Å²) in [5, 5.41) is 43.2. The number of hydrogen-bond donors (Lipinski definition) is 5. The topological polar surface area (TPSA) is 175 Å². The summed E-state index contributed by atoms with van der Waals surface area (Å²) in [4.78, 5) is 25.6. The molecule has 5 N–H and O–H groups in total. The van der Waals surface area contributed by atoms with E-state index in [9.17, 15) is 0 Å². The van der Waals surface area contributed by atoms with Gasteiger partial charge in [0, 0.05) is 17.1 Å². The number of carbonyl (C=O) groups is 3. The summed E-state index contributed by atoms with van der Waals surface area (Å²) in [6, 6.07) is 0. The van der Waals surface area contributed by atoms with Crippen LogP contribution in [0.25, 0.3) is 0 Å². The monoisotopic (exact) mass is 271 g/mol. The summed E-state index contributed by atoms with van der Waals surface area (Å²) in [6.45, 7) is 0. The predicted molar refractivity (Wildman–Crippen MR) is 29.3 cm³/mol. The molecular formula is C3H5CuNaO9. The molecule has 83 valence electrons. The third-order valence-corrected chi connectivity index (χ3v) is 0. The Bertz CT molecular complexity index is 118. The van der Waals surface area contributed by atoms with Gasteiger partial charge in [0.25, 0.3) is 0 Å². The minimum absolute atomic E-state index is 0. The van der Waals surface area contributed by atoms with Gasteiger partial charge in [0.15, 0.2) is 0 Å². The van der Waals surface area contributed by atoms with Gasteiger partial charge in [-0.3, -0.25) is 0 Å². The molecule has 0 aromatic carbocycles. The summed E-state index contributed by atoms with van der Waals surface area (Å²) in [5.41, 5.74) is 0. The van der Waals surface area contributed by atoms with Crippen LogP contribution in [0.15, 0.2) is 0 Å². The SMILES string of the molecule is O=C(O)O.O=C(O)O.O=C([O-])O.[Cu].[Na+]. The van der Waals surface area contributed by atoms with Crippen molar-refractivity contribution in [1.29, 1.82) is 0 Å². The summed E-state index contributed by atoms with van der Waals surface area (Å²) in [5.74, 6) is 0. The van der Waals surface area contributed by atoms with Gasteiger partial charge in [-0.25, -0.2) is 9.59 Å². The molecule has 0 heterocycles. The second kappa shape index (κ2) is 22.8. The number of hydrogen-bond acceptors (Lipinski definition) is 4. The maximum Gasteiger partial charge on any atom is 1.00 e.